The fraction of sp³-hybridized carbons (Fsp3) is 0.857. The molecule has 0 aromatic carbocycles. The predicted molar refractivity (Wildman–Crippen MR) is 68.6 cm³/mol. The first-order valence-electron chi connectivity index (χ1n) is 6.90. The van der Waals surface area contributed by atoms with Crippen LogP contribution in [0.25, 0.3) is 0 Å². The number of ketones is 1. The lowest BCUT2D eigenvalue weighted by molar-refractivity contribution is -0.132. The van der Waals surface area contributed by atoms with Crippen molar-refractivity contribution in [1.29, 1.82) is 0 Å². The van der Waals surface area contributed by atoms with Crippen LogP contribution in [0.1, 0.15) is 46.5 Å². The van der Waals surface area contributed by atoms with Gasteiger partial charge in [-0.2, -0.15) is 0 Å². The molecule has 5 heteroatoms. The number of hydrogen-bond donors (Lipinski definition) is 0. The zero-order valence-electron chi connectivity index (χ0n) is 11.9. The van der Waals surface area contributed by atoms with E-state index < -0.39 is 17.2 Å². The molecule has 4 nitrogen and oxygen atoms in total. The Hall–Kier alpha value is -1.13. The van der Waals surface area contributed by atoms with E-state index in [1.807, 2.05) is 20.8 Å². The standard InChI is InChI=1S/C14H22FNO3/c1-13(2,3)19-12(18)16-8-6-14(7-9-16)5-4-10(15)11(14)17/h10H,4-9H2,1-3H3/t10-/m1/s1. The summed E-state index contributed by atoms with van der Waals surface area (Å²) >= 11 is 0. The van der Waals surface area contributed by atoms with E-state index in [2.05, 4.69) is 0 Å². The molecule has 1 spiro atoms. The molecule has 2 rings (SSSR count). The third kappa shape index (κ3) is 2.90. The summed E-state index contributed by atoms with van der Waals surface area (Å²) in [6.07, 6.45) is 0.440. The summed E-state index contributed by atoms with van der Waals surface area (Å²) in [6, 6.07) is 0. The molecule has 0 aromatic heterocycles. The van der Waals surface area contributed by atoms with Crippen LogP contribution in [0.5, 0.6) is 0 Å². The molecule has 1 heterocycles. The zero-order valence-corrected chi connectivity index (χ0v) is 11.9. The summed E-state index contributed by atoms with van der Waals surface area (Å²) in [6.45, 7) is 6.43. The number of likely N-dealkylation sites (tertiary alicyclic amines) is 1. The Kier molecular flexibility index (Phi) is 3.58. The molecular formula is C14H22FNO3. The third-order valence-corrected chi connectivity index (χ3v) is 4.06. The van der Waals surface area contributed by atoms with E-state index in [1.54, 1.807) is 4.90 Å². The smallest absolute Gasteiger partial charge is 0.410 e. The maximum absolute atomic E-state index is 13.4. The molecule has 1 saturated heterocycles. The minimum Gasteiger partial charge on any atom is -0.444 e. The van der Waals surface area contributed by atoms with Crippen molar-refractivity contribution < 1.29 is 18.7 Å². The van der Waals surface area contributed by atoms with Gasteiger partial charge in [0.25, 0.3) is 0 Å². The van der Waals surface area contributed by atoms with Crippen LogP contribution in [0.4, 0.5) is 9.18 Å². The van der Waals surface area contributed by atoms with E-state index >= 15 is 0 Å². The van der Waals surface area contributed by atoms with Gasteiger partial charge in [-0.3, -0.25) is 4.79 Å². The lowest BCUT2D eigenvalue weighted by Gasteiger charge is -2.38. The monoisotopic (exact) mass is 271 g/mol. The lowest BCUT2D eigenvalue weighted by atomic mass is 9.76. The lowest BCUT2D eigenvalue weighted by Crippen LogP contribution is -2.47. The van der Waals surface area contributed by atoms with Crippen molar-refractivity contribution in [3.05, 3.63) is 0 Å². The molecule has 0 N–H and O–H groups in total. The molecule has 1 amide bonds. The van der Waals surface area contributed by atoms with Crippen LogP contribution in [0.3, 0.4) is 0 Å². The number of piperidine rings is 1. The minimum atomic E-state index is -1.30. The average molecular weight is 271 g/mol. The summed E-state index contributed by atoms with van der Waals surface area (Å²) in [5.74, 6) is -0.253. The number of hydrogen-bond acceptors (Lipinski definition) is 3. The van der Waals surface area contributed by atoms with Gasteiger partial charge in [0.2, 0.25) is 0 Å². The highest BCUT2D eigenvalue weighted by molar-refractivity contribution is 5.91. The van der Waals surface area contributed by atoms with Crippen molar-refractivity contribution in [1.82, 2.24) is 4.90 Å². The Morgan fingerprint density at radius 1 is 1.32 bits per heavy atom. The maximum Gasteiger partial charge on any atom is 0.410 e. The Bertz CT molecular complexity index is 381. The second kappa shape index (κ2) is 4.76. The van der Waals surface area contributed by atoms with Gasteiger partial charge in [0, 0.05) is 18.5 Å². The third-order valence-electron chi connectivity index (χ3n) is 4.06. The Labute approximate surface area is 113 Å². The number of nitrogens with zero attached hydrogens (tertiary/aromatic N) is 1. The maximum atomic E-state index is 13.4. The fourth-order valence-corrected chi connectivity index (χ4v) is 2.93. The van der Waals surface area contributed by atoms with E-state index in [4.69, 9.17) is 4.74 Å². The number of carbonyl (C=O) groups excluding carboxylic acids is 2. The van der Waals surface area contributed by atoms with E-state index in [-0.39, 0.29) is 11.9 Å². The fourth-order valence-electron chi connectivity index (χ4n) is 2.93. The Balaban J connectivity index is 1.93. The molecule has 1 aliphatic carbocycles. The first-order valence-corrected chi connectivity index (χ1v) is 6.90. The zero-order chi connectivity index (χ0) is 14.3. The molecule has 1 saturated carbocycles. The van der Waals surface area contributed by atoms with Gasteiger partial charge in [-0.15, -0.1) is 0 Å². The molecule has 108 valence electrons. The minimum absolute atomic E-state index is 0.253. The van der Waals surface area contributed by atoms with Crippen molar-refractivity contribution in [2.24, 2.45) is 5.41 Å². The normalized spacial score (nSPS) is 26.8. The molecule has 0 bridgehead atoms. The van der Waals surface area contributed by atoms with Gasteiger partial charge in [-0.05, 0) is 46.5 Å². The van der Waals surface area contributed by atoms with Crippen LogP contribution in [-0.2, 0) is 9.53 Å². The summed E-state index contributed by atoms with van der Waals surface area (Å²) in [5.41, 5.74) is -1.03. The average Bonchev–Trinajstić information content (AvgIpc) is 2.57. The number of Topliss-reactive ketones (excluding diaryl/α,β-unsaturated/α-hetero) is 1. The number of carbonyl (C=O) groups is 2. The van der Waals surface area contributed by atoms with Crippen LogP contribution in [0.15, 0.2) is 0 Å². The second-order valence-corrected chi connectivity index (χ2v) is 6.62. The molecule has 0 unspecified atom stereocenters. The Morgan fingerprint density at radius 2 is 1.89 bits per heavy atom. The number of rotatable bonds is 0. The second-order valence-electron chi connectivity index (χ2n) is 6.62. The molecule has 0 radical (unpaired) electrons. The van der Waals surface area contributed by atoms with Crippen LogP contribution in [0.2, 0.25) is 0 Å². The van der Waals surface area contributed by atoms with E-state index in [0.717, 1.165) is 0 Å². The molecule has 1 atom stereocenters. The number of alkyl halides is 1. The van der Waals surface area contributed by atoms with Crippen molar-refractivity contribution in [3.8, 4) is 0 Å². The van der Waals surface area contributed by atoms with Gasteiger partial charge < -0.3 is 9.64 Å². The highest BCUT2D eigenvalue weighted by Gasteiger charge is 2.49. The van der Waals surface area contributed by atoms with E-state index in [1.165, 1.54) is 0 Å². The summed E-state index contributed by atoms with van der Waals surface area (Å²) < 4.78 is 18.7. The number of halogens is 1. The van der Waals surface area contributed by atoms with Crippen LogP contribution < -0.4 is 0 Å². The molecule has 2 aliphatic rings. The molecule has 19 heavy (non-hydrogen) atoms. The van der Waals surface area contributed by atoms with Gasteiger partial charge in [0.15, 0.2) is 12.0 Å². The topological polar surface area (TPSA) is 46.6 Å². The van der Waals surface area contributed by atoms with Crippen molar-refractivity contribution in [3.63, 3.8) is 0 Å². The molecule has 1 aliphatic heterocycles. The van der Waals surface area contributed by atoms with Gasteiger partial charge in [0.1, 0.15) is 5.60 Å². The van der Waals surface area contributed by atoms with Crippen molar-refractivity contribution in [2.75, 3.05) is 13.1 Å². The largest absolute Gasteiger partial charge is 0.444 e. The van der Waals surface area contributed by atoms with Gasteiger partial charge in [0.05, 0.1) is 0 Å². The van der Waals surface area contributed by atoms with Gasteiger partial charge >= 0.3 is 6.09 Å². The Morgan fingerprint density at radius 3 is 2.32 bits per heavy atom. The molecule has 2 fully saturated rings. The van der Waals surface area contributed by atoms with Gasteiger partial charge in [-0.1, -0.05) is 0 Å². The van der Waals surface area contributed by atoms with Crippen molar-refractivity contribution >= 4 is 11.9 Å². The van der Waals surface area contributed by atoms with Crippen LogP contribution in [0, 0.1) is 5.41 Å². The summed E-state index contributed by atoms with van der Waals surface area (Å²) in [5, 5.41) is 0. The molecular weight excluding hydrogens is 249 g/mol. The SMILES string of the molecule is CC(C)(C)OC(=O)N1CCC2(CC[C@@H](F)C2=O)CC1. The van der Waals surface area contributed by atoms with Crippen molar-refractivity contribution in [2.45, 2.75) is 58.2 Å². The molecule has 0 aromatic rings. The summed E-state index contributed by atoms with van der Waals surface area (Å²) in [7, 11) is 0. The quantitative estimate of drug-likeness (QED) is 0.680. The van der Waals surface area contributed by atoms with E-state index in [0.29, 0.717) is 38.8 Å². The van der Waals surface area contributed by atoms with Gasteiger partial charge in [-0.25, -0.2) is 9.18 Å². The van der Waals surface area contributed by atoms with Crippen LogP contribution in [-0.4, -0.2) is 41.6 Å². The first kappa shape index (κ1) is 14.3. The van der Waals surface area contributed by atoms with Crippen LogP contribution >= 0.6 is 0 Å². The summed E-state index contributed by atoms with van der Waals surface area (Å²) in [4.78, 5) is 25.4. The first-order chi connectivity index (χ1) is 8.73. The highest BCUT2D eigenvalue weighted by Crippen LogP contribution is 2.44. The number of amides is 1. The predicted octanol–water partition coefficient (Wildman–Crippen LogP) is 2.70. The number of ether oxygens (including phenoxy) is 1. The highest BCUT2D eigenvalue weighted by atomic mass is 19.1. The van der Waals surface area contributed by atoms with E-state index in [9.17, 15) is 14.0 Å².